The SMILES string of the molecule is Cc1cccc(C)c1S(=O)(=O)NC(CCCCNC1=NCCN1)(NC(=O)c1cccc2[nH]ncc12)C(=O)O. The van der Waals surface area contributed by atoms with Crippen LogP contribution in [0.5, 0.6) is 0 Å². The highest BCUT2D eigenvalue weighted by molar-refractivity contribution is 7.89. The molecule has 0 bridgehead atoms. The number of unbranched alkanes of at least 4 members (excludes halogenated alkanes) is 1. The number of aliphatic imine (C=N–C) groups is 1. The molecule has 1 aliphatic rings. The highest BCUT2D eigenvalue weighted by Gasteiger charge is 2.44. The fraction of sp³-hybridized carbons (Fsp3) is 0.360. The molecule has 0 aliphatic carbocycles. The number of carbonyl (C=O) groups excluding carboxylic acids is 1. The van der Waals surface area contributed by atoms with E-state index < -0.39 is 27.6 Å². The van der Waals surface area contributed by atoms with Gasteiger partial charge in [0.2, 0.25) is 15.7 Å². The summed E-state index contributed by atoms with van der Waals surface area (Å²) in [6, 6.07) is 9.87. The number of aryl methyl sites for hydroxylation is 2. The molecule has 0 radical (unpaired) electrons. The number of rotatable bonds is 11. The van der Waals surface area contributed by atoms with E-state index in [-0.39, 0.29) is 23.3 Å². The van der Waals surface area contributed by atoms with Crippen LogP contribution in [0.1, 0.15) is 40.7 Å². The molecule has 1 aliphatic heterocycles. The number of carboxylic acids is 1. The van der Waals surface area contributed by atoms with Gasteiger partial charge >= 0.3 is 5.97 Å². The van der Waals surface area contributed by atoms with Gasteiger partial charge in [0.05, 0.1) is 28.7 Å². The molecule has 38 heavy (non-hydrogen) atoms. The maximum Gasteiger partial charge on any atom is 0.345 e. The molecule has 3 aromatic rings. The molecule has 4 rings (SSSR count). The molecular formula is C25H31N7O5S. The first kappa shape index (κ1) is 27.1. The van der Waals surface area contributed by atoms with Crippen molar-refractivity contribution in [2.24, 2.45) is 4.99 Å². The number of aromatic amines is 1. The van der Waals surface area contributed by atoms with Crippen molar-refractivity contribution in [1.29, 1.82) is 0 Å². The number of carbonyl (C=O) groups is 2. The van der Waals surface area contributed by atoms with E-state index in [0.29, 0.717) is 47.5 Å². The first-order valence-electron chi connectivity index (χ1n) is 12.2. The second kappa shape index (κ2) is 11.2. The molecule has 12 nitrogen and oxygen atoms in total. The van der Waals surface area contributed by atoms with Crippen LogP contribution in [0.3, 0.4) is 0 Å². The van der Waals surface area contributed by atoms with Gasteiger partial charge in [-0.2, -0.15) is 9.82 Å². The van der Waals surface area contributed by atoms with Crippen LogP contribution in [-0.2, 0) is 14.8 Å². The van der Waals surface area contributed by atoms with Crippen molar-refractivity contribution in [3.8, 4) is 0 Å². The number of nitrogens with zero attached hydrogens (tertiary/aromatic N) is 2. The van der Waals surface area contributed by atoms with Gasteiger partial charge in [-0.15, -0.1) is 0 Å². The molecule has 0 fully saturated rings. The minimum Gasteiger partial charge on any atom is -0.478 e. The van der Waals surface area contributed by atoms with E-state index in [1.54, 1.807) is 44.2 Å². The number of aliphatic carboxylic acids is 1. The standard InChI is InChI=1S/C25H31N7O5S/c1-16-7-5-8-17(2)21(16)38(36,37)32-25(23(34)35,11-3-4-12-26-24-27-13-14-28-24)30-22(33)18-9-6-10-20-19(18)15-29-31-20/h5-10,15,32H,3-4,11-14H2,1-2H3,(H,29,31)(H,30,33)(H,34,35)(H2,26,27,28). The van der Waals surface area contributed by atoms with Gasteiger partial charge in [-0.1, -0.05) is 24.3 Å². The lowest BCUT2D eigenvalue weighted by Crippen LogP contribution is -2.65. The van der Waals surface area contributed by atoms with Crippen LogP contribution < -0.4 is 20.7 Å². The highest BCUT2D eigenvalue weighted by Crippen LogP contribution is 2.24. The number of benzene rings is 2. The van der Waals surface area contributed by atoms with Gasteiger partial charge < -0.3 is 21.1 Å². The Morgan fingerprint density at radius 2 is 1.84 bits per heavy atom. The molecule has 1 amide bonds. The zero-order valence-electron chi connectivity index (χ0n) is 21.2. The number of guanidine groups is 1. The quantitative estimate of drug-likeness (QED) is 0.156. The molecule has 0 saturated carbocycles. The third kappa shape index (κ3) is 5.78. The van der Waals surface area contributed by atoms with Crippen LogP contribution in [-0.4, -0.2) is 66.9 Å². The minimum absolute atomic E-state index is 0.0243. The van der Waals surface area contributed by atoms with E-state index in [2.05, 4.69) is 35.9 Å². The Morgan fingerprint density at radius 1 is 1.11 bits per heavy atom. The molecule has 1 unspecified atom stereocenters. The van der Waals surface area contributed by atoms with Gasteiger partial charge in [0, 0.05) is 18.5 Å². The number of H-pyrrole nitrogens is 1. The van der Waals surface area contributed by atoms with Crippen molar-refractivity contribution in [2.45, 2.75) is 43.7 Å². The molecule has 202 valence electrons. The van der Waals surface area contributed by atoms with Gasteiger partial charge in [-0.25, -0.2) is 13.2 Å². The van der Waals surface area contributed by atoms with E-state index in [4.69, 9.17) is 0 Å². The van der Waals surface area contributed by atoms with Crippen molar-refractivity contribution < 1.29 is 23.1 Å². The lowest BCUT2D eigenvalue weighted by atomic mass is 10.0. The lowest BCUT2D eigenvalue weighted by molar-refractivity contribution is -0.145. The summed E-state index contributed by atoms with van der Waals surface area (Å²) in [4.78, 5) is 30.4. The van der Waals surface area contributed by atoms with Crippen LogP contribution in [0.4, 0.5) is 0 Å². The van der Waals surface area contributed by atoms with Crippen molar-refractivity contribution in [3.05, 3.63) is 59.3 Å². The predicted octanol–water partition coefficient (Wildman–Crippen LogP) is 1.39. The average molecular weight is 542 g/mol. The summed E-state index contributed by atoms with van der Waals surface area (Å²) >= 11 is 0. The zero-order valence-corrected chi connectivity index (χ0v) is 22.0. The van der Waals surface area contributed by atoms with Crippen LogP contribution in [0.2, 0.25) is 0 Å². The largest absolute Gasteiger partial charge is 0.478 e. The van der Waals surface area contributed by atoms with Crippen LogP contribution in [0.15, 0.2) is 52.5 Å². The zero-order chi connectivity index (χ0) is 27.3. The maximum atomic E-state index is 13.6. The van der Waals surface area contributed by atoms with Gasteiger partial charge in [-0.05, 0) is 56.4 Å². The molecule has 6 N–H and O–H groups in total. The topological polar surface area (TPSA) is 178 Å². The molecule has 13 heteroatoms. The number of hydrogen-bond acceptors (Lipinski definition) is 8. The van der Waals surface area contributed by atoms with E-state index in [9.17, 15) is 23.1 Å². The Hall–Kier alpha value is -3.97. The molecular weight excluding hydrogens is 510 g/mol. The first-order valence-corrected chi connectivity index (χ1v) is 13.7. The minimum atomic E-state index is -4.35. The number of fused-ring (bicyclic) bond motifs is 1. The van der Waals surface area contributed by atoms with Crippen LogP contribution in [0, 0.1) is 13.8 Å². The number of amides is 1. The molecule has 2 heterocycles. The first-order chi connectivity index (χ1) is 18.1. The molecule has 1 atom stereocenters. The number of hydrogen-bond donors (Lipinski definition) is 6. The van der Waals surface area contributed by atoms with Gasteiger partial charge in [0.25, 0.3) is 5.91 Å². The predicted molar refractivity (Wildman–Crippen MR) is 142 cm³/mol. The summed E-state index contributed by atoms with van der Waals surface area (Å²) in [6.45, 7) is 5.19. The Bertz CT molecular complexity index is 1460. The van der Waals surface area contributed by atoms with Gasteiger partial charge in [0.1, 0.15) is 0 Å². The fourth-order valence-corrected chi connectivity index (χ4v) is 6.30. The third-order valence-corrected chi connectivity index (χ3v) is 8.15. The van der Waals surface area contributed by atoms with Crippen molar-refractivity contribution in [1.82, 2.24) is 30.9 Å². The normalized spacial score (nSPS) is 14.9. The lowest BCUT2D eigenvalue weighted by Gasteiger charge is -2.32. The van der Waals surface area contributed by atoms with E-state index in [1.165, 1.54) is 12.3 Å². The summed E-state index contributed by atoms with van der Waals surface area (Å²) in [6.07, 6.45) is 2.06. The summed E-state index contributed by atoms with van der Waals surface area (Å²) < 4.78 is 29.5. The van der Waals surface area contributed by atoms with Crippen molar-refractivity contribution >= 4 is 38.8 Å². The summed E-state index contributed by atoms with van der Waals surface area (Å²) in [5.41, 5.74) is -0.635. The van der Waals surface area contributed by atoms with Crippen molar-refractivity contribution in [3.63, 3.8) is 0 Å². The second-order valence-corrected chi connectivity index (χ2v) is 10.8. The van der Waals surface area contributed by atoms with Gasteiger partial charge in [0.15, 0.2) is 5.96 Å². The van der Waals surface area contributed by atoms with Crippen molar-refractivity contribution in [2.75, 3.05) is 19.6 Å². The van der Waals surface area contributed by atoms with Gasteiger partial charge in [-0.3, -0.25) is 14.9 Å². The Morgan fingerprint density at radius 3 is 2.53 bits per heavy atom. The summed E-state index contributed by atoms with van der Waals surface area (Å²) in [5.74, 6) is -1.59. The highest BCUT2D eigenvalue weighted by atomic mass is 32.2. The molecule has 1 aromatic heterocycles. The Kier molecular flexibility index (Phi) is 7.97. The monoisotopic (exact) mass is 541 g/mol. The average Bonchev–Trinajstić information content (AvgIpc) is 3.55. The summed E-state index contributed by atoms with van der Waals surface area (Å²) in [7, 11) is -4.35. The third-order valence-electron chi connectivity index (χ3n) is 6.35. The summed E-state index contributed by atoms with van der Waals surface area (Å²) in [5, 5.41) is 26.3. The molecule has 0 saturated heterocycles. The fourth-order valence-electron chi connectivity index (χ4n) is 4.51. The molecule has 2 aromatic carbocycles. The van der Waals surface area contributed by atoms with Crippen LogP contribution in [0.25, 0.3) is 10.9 Å². The van der Waals surface area contributed by atoms with Crippen LogP contribution >= 0.6 is 0 Å². The number of nitrogens with one attached hydrogen (secondary N) is 5. The maximum absolute atomic E-state index is 13.6. The number of carboxylic acid groups (broad SMARTS) is 1. The number of sulfonamides is 1. The second-order valence-electron chi connectivity index (χ2n) is 9.17. The van der Waals surface area contributed by atoms with E-state index in [0.717, 1.165) is 6.54 Å². The number of aromatic nitrogens is 2. The Balaban J connectivity index is 1.63. The smallest absolute Gasteiger partial charge is 0.345 e. The Labute approximate surface area is 220 Å². The molecule has 0 spiro atoms. The van der Waals surface area contributed by atoms with E-state index >= 15 is 0 Å². The van der Waals surface area contributed by atoms with E-state index in [1.807, 2.05) is 0 Å².